The normalized spacial score (nSPS) is 10.5. The van der Waals surface area contributed by atoms with Crippen molar-refractivity contribution < 1.29 is 23.0 Å². The van der Waals surface area contributed by atoms with Crippen LogP contribution in [0.5, 0.6) is 5.88 Å². The largest absolute Gasteiger partial charge is 0.465 e. The number of rotatable bonds is 6. The maximum absolute atomic E-state index is 12.2. The third kappa shape index (κ3) is 4.60. The first-order chi connectivity index (χ1) is 11.0. The van der Waals surface area contributed by atoms with Gasteiger partial charge in [0.15, 0.2) is 0 Å². The minimum absolute atomic E-state index is 0.105. The summed E-state index contributed by atoms with van der Waals surface area (Å²) in [6.07, 6.45) is 2.82. The number of methoxy groups -OCH3 is 1. The molecule has 0 amide bonds. The van der Waals surface area contributed by atoms with Crippen molar-refractivity contribution in [2.45, 2.75) is 20.1 Å². The Labute approximate surface area is 131 Å². The molecule has 0 aliphatic heterocycles. The van der Waals surface area contributed by atoms with Gasteiger partial charge in [-0.2, -0.15) is 8.78 Å². The minimum Gasteiger partial charge on any atom is -0.465 e. The molecule has 23 heavy (non-hydrogen) atoms. The molecule has 2 aromatic rings. The van der Waals surface area contributed by atoms with Crippen molar-refractivity contribution >= 4 is 11.7 Å². The second-order valence-electron chi connectivity index (χ2n) is 4.61. The van der Waals surface area contributed by atoms with Gasteiger partial charge in [0.1, 0.15) is 0 Å². The van der Waals surface area contributed by atoms with Gasteiger partial charge < -0.3 is 14.8 Å². The van der Waals surface area contributed by atoms with Gasteiger partial charge in [-0.1, -0.05) is 0 Å². The standard InChI is InChI=1S/C15H15F2N3O3/c1-9-5-12(8-20-13(9)23-15(16)17)19-7-11-4-3-10(6-18-11)14(21)22-2/h3-6,8,15,19H,7H2,1-2H3. The number of aromatic nitrogens is 2. The second-order valence-corrected chi connectivity index (χ2v) is 4.61. The SMILES string of the molecule is COC(=O)c1ccc(CNc2cnc(OC(F)F)c(C)c2)nc1. The number of hydrogen-bond acceptors (Lipinski definition) is 6. The molecule has 2 rings (SSSR count). The minimum atomic E-state index is -2.91. The fourth-order valence-corrected chi connectivity index (χ4v) is 1.83. The lowest BCUT2D eigenvalue weighted by molar-refractivity contribution is -0.0533. The molecule has 0 aliphatic rings. The maximum atomic E-state index is 12.2. The highest BCUT2D eigenvalue weighted by atomic mass is 19.3. The molecular weight excluding hydrogens is 308 g/mol. The first kappa shape index (κ1) is 16.6. The Kier molecular flexibility index (Phi) is 5.40. The number of ether oxygens (including phenoxy) is 2. The Morgan fingerprint density at radius 3 is 2.65 bits per heavy atom. The molecule has 0 spiro atoms. The number of nitrogens with one attached hydrogen (secondary N) is 1. The van der Waals surface area contributed by atoms with Crippen LogP contribution >= 0.6 is 0 Å². The molecule has 122 valence electrons. The van der Waals surface area contributed by atoms with Crippen molar-refractivity contribution in [2.75, 3.05) is 12.4 Å². The molecule has 0 unspecified atom stereocenters. The highest BCUT2D eigenvalue weighted by Gasteiger charge is 2.09. The van der Waals surface area contributed by atoms with Gasteiger partial charge in [-0.15, -0.1) is 0 Å². The molecule has 0 bridgehead atoms. The molecule has 0 fully saturated rings. The molecule has 8 heteroatoms. The van der Waals surface area contributed by atoms with Crippen LogP contribution < -0.4 is 10.1 Å². The number of carbonyl (C=O) groups excluding carboxylic acids is 1. The van der Waals surface area contributed by atoms with E-state index in [4.69, 9.17) is 0 Å². The summed E-state index contributed by atoms with van der Waals surface area (Å²) in [6.45, 7) is -0.894. The van der Waals surface area contributed by atoms with E-state index in [1.54, 1.807) is 25.1 Å². The quantitative estimate of drug-likeness (QED) is 0.824. The van der Waals surface area contributed by atoms with Crippen LogP contribution in [0.25, 0.3) is 0 Å². The molecule has 2 heterocycles. The Balaban J connectivity index is 1.98. The zero-order valence-corrected chi connectivity index (χ0v) is 12.5. The number of halogens is 2. The number of alkyl halides is 2. The highest BCUT2D eigenvalue weighted by molar-refractivity contribution is 5.88. The summed E-state index contributed by atoms with van der Waals surface area (Å²) in [5.41, 5.74) is 2.19. The van der Waals surface area contributed by atoms with Crippen LogP contribution in [0.1, 0.15) is 21.6 Å². The van der Waals surface area contributed by atoms with Crippen LogP contribution in [0, 0.1) is 6.92 Å². The van der Waals surface area contributed by atoms with Crippen LogP contribution in [0.2, 0.25) is 0 Å². The van der Waals surface area contributed by atoms with E-state index in [1.165, 1.54) is 19.5 Å². The summed E-state index contributed by atoms with van der Waals surface area (Å²) < 4.78 is 33.2. The number of pyridine rings is 2. The van der Waals surface area contributed by atoms with E-state index in [9.17, 15) is 13.6 Å². The molecule has 0 atom stereocenters. The first-order valence-corrected chi connectivity index (χ1v) is 6.68. The Morgan fingerprint density at radius 2 is 2.09 bits per heavy atom. The van der Waals surface area contributed by atoms with Gasteiger partial charge in [0, 0.05) is 11.8 Å². The van der Waals surface area contributed by atoms with E-state index in [1.807, 2.05) is 0 Å². The predicted octanol–water partition coefficient (Wildman–Crippen LogP) is 2.79. The molecule has 6 nitrogen and oxygen atoms in total. The summed E-state index contributed by atoms with van der Waals surface area (Å²) in [4.78, 5) is 19.3. The van der Waals surface area contributed by atoms with Gasteiger partial charge >= 0.3 is 12.6 Å². The predicted molar refractivity (Wildman–Crippen MR) is 78.5 cm³/mol. The molecule has 0 saturated heterocycles. The number of carbonyl (C=O) groups is 1. The molecule has 1 N–H and O–H groups in total. The van der Waals surface area contributed by atoms with Crippen molar-refractivity contribution in [3.05, 3.63) is 47.4 Å². The van der Waals surface area contributed by atoms with Crippen LogP contribution in [0.15, 0.2) is 30.6 Å². The van der Waals surface area contributed by atoms with Crippen LogP contribution in [-0.4, -0.2) is 29.7 Å². The summed E-state index contributed by atoms with van der Waals surface area (Å²) in [7, 11) is 1.30. The average Bonchev–Trinajstić information content (AvgIpc) is 2.54. The fourth-order valence-electron chi connectivity index (χ4n) is 1.83. The van der Waals surface area contributed by atoms with Crippen LogP contribution in [0.4, 0.5) is 14.5 Å². The van der Waals surface area contributed by atoms with Gasteiger partial charge in [-0.3, -0.25) is 4.98 Å². The molecular formula is C15H15F2N3O3. The average molecular weight is 323 g/mol. The monoisotopic (exact) mass is 323 g/mol. The smallest absolute Gasteiger partial charge is 0.388 e. The van der Waals surface area contributed by atoms with Crippen molar-refractivity contribution in [3.8, 4) is 5.88 Å². The van der Waals surface area contributed by atoms with Gasteiger partial charge in [0.05, 0.1) is 36.8 Å². The van der Waals surface area contributed by atoms with E-state index in [-0.39, 0.29) is 5.88 Å². The highest BCUT2D eigenvalue weighted by Crippen LogP contribution is 2.20. The number of aryl methyl sites for hydroxylation is 1. The fraction of sp³-hybridized carbons (Fsp3) is 0.267. The Bertz CT molecular complexity index is 678. The molecule has 0 aliphatic carbocycles. The van der Waals surface area contributed by atoms with Crippen LogP contribution in [-0.2, 0) is 11.3 Å². The van der Waals surface area contributed by atoms with Crippen molar-refractivity contribution in [3.63, 3.8) is 0 Å². The zero-order chi connectivity index (χ0) is 16.8. The summed E-state index contributed by atoms with van der Waals surface area (Å²) in [5, 5.41) is 3.06. The summed E-state index contributed by atoms with van der Waals surface area (Å²) in [6, 6.07) is 4.94. The van der Waals surface area contributed by atoms with Crippen LogP contribution in [0.3, 0.4) is 0 Å². The van der Waals surface area contributed by atoms with Gasteiger partial charge in [-0.25, -0.2) is 9.78 Å². The molecule has 2 aromatic heterocycles. The zero-order valence-electron chi connectivity index (χ0n) is 12.5. The topological polar surface area (TPSA) is 73.3 Å². The van der Waals surface area contributed by atoms with E-state index in [2.05, 4.69) is 24.8 Å². The van der Waals surface area contributed by atoms with Gasteiger partial charge in [0.2, 0.25) is 5.88 Å². The number of anilines is 1. The summed E-state index contributed by atoms with van der Waals surface area (Å²) >= 11 is 0. The lowest BCUT2D eigenvalue weighted by Crippen LogP contribution is -2.07. The number of esters is 1. The van der Waals surface area contributed by atoms with Crippen molar-refractivity contribution in [1.82, 2.24) is 9.97 Å². The number of nitrogens with zero attached hydrogens (tertiary/aromatic N) is 2. The maximum Gasteiger partial charge on any atom is 0.388 e. The third-order valence-electron chi connectivity index (χ3n) is 2.95. The van der Waals surface area contributed by atoms with Crippen molar-refractivity contribution in [1.29, 1.82) is 0 Å². The first-order valence-electron chi connectivity index (χ1n) is 6.68. The van der Waals surface area contributed by atoms with Crippen molar-refractivity contribution in [2.24, 2.45) is 0 Å². The lowest BCUT2D eigenvalue weighted by atomic mass is 10.2. The third-order valence-corrected chi connectivity index (χ3v) is 2.95. The Morgan fingerprint density at radius 1 is 1.30 bits per heavy atom. The second kappa shape index (κ2) is 7.48. The van der Waals surface area contributed by atoms with E-state index in [0.29, 0.717) is 29.1 Å². The molecule has 0 aromatic carbocycles. The van der Waals surface area contributed by atoms with E-state index >= 15 is 0 Å². The van der Waals surface area contributed by atoms with E-state index in [0.717, 1.165) is 0 Å². The molecule has 0 radical (unpaired) electrons. The lowest BCUT2D eigenvalue weighted by Gasteiger charge is -2.10. The van der Waals surface area contributed by atoms with E-state index < -0.39 is 12.6 Å². The summed E-state index contributed by atoms with van der Waals surface area (Å²) in [5.74, 6) is -0.558. The number of hydrogen-bond donors (Lipinski definition) is 1. The van der Waals surface area contributed by atoms with Gasteiger partial charge in [-0.05, 0) is 25.1 Å². The van der Waals surface area contributed by atoms with Gasteiger partial charge in [0.25, 0.3) is 0 Å². The molecule has 0 saturated carbocycles. The Hall–Kier alpha value is -2.77.